The molecule has 1 amide bonds. The highest BCUT2D eigenvalue weighted by molar-refractivity contribution is 7.94. The van der Waals surface area contributed by atoms with Crippen LogP contribution in [-0.4, -0.2) is 59.0 Å². The summed E-state index contributed by atoms with van der Waals surface area (Å²) in [5, 5.41) is 0. The van der Waals surface area contributed by atoms with E-state index in [0.717, 1.165) is 4.31 Å². The molecule has 0 aromatic heterocycles. The summed E-state index contributed by atoms with van der Waals surface area (Å²) < 4.78 is 67.5. The number of anilines is 2. The first-order valence-corrected chi connectivity index (χ1v) is 13.2. The van der Waals surface area contributed by atoms with E-state index in [9.17, 15) is 26.0 Å². The molecule has 2 aliphatic rings. The molecule has 0 N–H and O–H groups in total. The van der Waals surface area contributed by atoms with Crippen molar-refractivity contribution in [3.8, 4) is 0 Å². The summed E-state index contributed by atoms with van der Waals surface area (Å²) in [6.45, 7) is 4.25. The van der Waals surface area contributed by atoms with Crippen molar-refractivity contribution in [2.75, 3.05) is 41.1 Å². The van der Waals surface area contributed by atoms with Crippen LogP contribution in [0.1, 0.15) is 17.5 Å². The predicted molar refractivity (Wildman–Crippen MR) is 119 cm³/mol. The molecule has 172 valence electrons. The largest absolute Gasteiger partial charge is 0.367 e. The minimum Gasteiger partial charge on any atom is -0.367 e. The summed E-state index contributed by atoms with van der Waals surface area (Å²) in [4.78, 5) is 14.0. The van der Waals surface area contributed by atoms with Gasteiger partial charge in [0.25, 0.3) is 0 Å². The number of aryl methyl sites for hydroxylation is 2. The monoisotopic (exact) mass is 481 g/mol. The molecular formula is C21H24FN3O5S2. The lowest BCUT2D eigenvalue weighted by Gasteiger charge is -2.36. The highest BCUT2D eigenvalue weighted by Crippen LogP contribution is 2.33. The Morgan fingerprint density at radius 2 is 1.56 bits per heavy atom. The normalized spacial score (nSPS) is 19.5. The van der Waals surface area contributed by atoms with Crippen LogP contribution in [0.2, 0.25) is 0 Å². The second-order valence-corrected chi connectivity index (χ2v) is 11.8. The van der Waals surface area contributed by atoms with Crippen molar-refractivity contribution in [1.29, 1.82) is 0 Å². The molecule has 2 aliphatic heterocycles. The van der Waals surface area contributed by atoms with Gasteiger partial charge in [-0.05, 0) is 49.2 Å². The number of sulfonamides is 2. The van der Waals surface area contributed by atoms with Gasteiger partial charge in [-0.1, -0.05) is 12.1 Å². The van der Waals surface area contributed by atoms with Gasteiger partial charge in [-0.2, -0.15) is 4.31 Å². The van der Waals surface area contributed by atoms with Gasteiger partial charge in [0.15, 0.2) is 0 Å². The second-order valence-electron chi connectivity index (χ2n) is 7.98. The maximum absolute atomic E-state index is 14.1. The molecule has 0 saturated carbocycles. The van der Waals surface area contributed by atoms with E-state index in [4.69, 9.17) is 0 Å². The number of nitrogens with zero attached hydrogens (tertiary/aromatic N) is 3. The van der Waals surface area contributed by atoms with Crippen LogP contribution in [0.25, 0.3) is 0 Å². The maximum atomic E-state index is 14.1. The highest BCUT2D eigenvalue weighted by Gasteiger charge is 2.38. The van der Waals surface area contributed by atoms with Crippen molar-refractivity contribution in [2.24, 2.45) is 0 Å². The van der Waals surface area contributed by atoms with E-state index in [-0.39, 0.29) is 41.7 Å². The molecule has 0 unspecified atom stereocenters. The van der Waals surface area contributed by atoms with Gasteiger partial charge in [-0.25, -0.2) is 25.5 Å². The zero-order chi connectivity index (χ0) is 23.3. The lowest BCUT2D eigenvalue weighted by molar-refractivity contribution is -0.116. The van der Waals surface area contributed by atoms with Gasteiger partial charge in [0.2, 0.25) is 26.0 Å². The van der Waals surface area contributed by atoms with E-state index >= 15 is 0 Å². The molecule has 2 fully saturated rings. The number of rotatable bonds is 4. The fourth-order valence-electron chi connectivity index (χ4n) is 4.33. The number of carbonyl (C=O) groups excluding carboxylic acids is 1. The Hall–Kier alpha value is -2.50. The number of piperazine rings is 1. The van der Waals surface area contributed by atoms with Crippen molar-refractivity contribution in [2.45, 2.75) is 25.2 Å². The van der Waals surface area contributed by atoms with Crippen LogP contribution in [0.15, 0.2) is 41.3 Å². The summed E-state index contributed by atoms with van der Waals surface area (Å²) in [6, 6.07) is 9.24. The number of carbonyl (C=O) groups is 1. The minimum atomic E-state index is -3.86. The quantitative estimate of drug-likeness (QED) is 0.663. The number of hydrogen-bond donors (Lipinski definition) is 0. The smallest absolute Gasteiger partial charge is 0.243 e. The third-order valence-corrected chi connectivity index (χ3v) is 9.68. The second kappa shape index (κ2) is 8.13. The number of hydrogen-bond acceptors (Lipinski definition) is 6. The molecule has 8 nitrogen and oxygen atoms in total. The Bertz CT molecular complexity index is 1260. The third kappa shape index (κ3) is 3.89. The number of amides is 1. The summed E-state index contributed by atoms with van der Waals surface area (Å²) in [6.07, 6.45) is -0.0905. The van der Waals surface area contributed by atoms with E-state index in [2.05, 4.69) is 0 Å². The van der Waals surface area contributed by atoms with Gasteiger partial charge in [0.1, 0.15) is 5.82 Å². The van der Waals surface area contributed by atoms with E-state index in [0.29, 0.717) is 29.9 Å². The Morgan fingerprint density at radius 1 is 0.969 bits per heavy atom. The van der Waals surface area contributed by atoms with Gasteiger partial charge in [0.05, 0.1) is 22.0 Å². The highest BCUT2D eigenvalue weighted by atomic mass is 32.2. The molecule has 11 heteroatoms. The van der Waals surface area contributed by atoms with Crippen molar-refractivity contribution < 1.29 is 26.0 Å². The molecule has 0 spiro atoms. The minimum absolute atomic E-state index is 0.0905. The standard InChI is InChI=1S/C21H24FN3O5S2/c1-15-13-17(25-20(26)7-12-31(25,27)28)14-16(2)21(15)32(29,30)24-10-8-23(9-11-24)19-6-4-3-5-18(19)22/h3-6,13-14H,7-12H2,1-2H3. The number of benzene rings is 2. The molecule has 0 atom stereocenters. The molecular weight excluding hydrogens is 457 g/mol. The van der Waals surface area contributed by atoms with Crippen LogP contribution in [0, 0.1) is 19.7 Å². The summed E-state index contributed by atoms with van der Waals surface area (Å²) in [7, 11) is -7.60. The van der Waals surface area contributed by atoms with Gasteiger partial charge in [-0.3, -0.25) is 4.79 Å². The van der Waals surface area contributed by atoms with Crippen LogP contribution in [0.5, 0.6) is 0 Å². The number of halogens is 1. The van der Waals surface area contributed by atoms with E-state index < -0.39 is 26.0 Å². The molecule has 2 aromatic rings. The summed E-state index contributed by atoms with van der Waals surface area (Å²) >= 11 is 0. The zero-order valence-corrected chi connectivity index (χ0v) is 19.4. The Morgan fingerprint density at radius 3 is 2.09 bits per heavy atom. The van der Waals surface area contributed by atoms with E-state index in [1.807, 2.05) is 4.90 Å². The van der Waals surface area contributed by atoms with Gasteiger partial charge < -0.3 is 4.90 Å². The summed E-state index contributed by atoms with van der Waals surface area (Å²) in [5.74, 6) is -1.13. The van der Waals surface area contributed by atoms with Crippen molar-refractivity contribution >= 4 is 37.3 Å². The van der Waals surface area contributed by atoms with Gasteiger partial charge in [-0.15, -0.1) is 0 Å². The van der Waals surface area contributed by atoms with E-state index in [1.165, 1.54) is 22.5 Å². The molecule has 0 aliphatic carbocycles. The fourth-order valence-corrected chi connectivity index (χ4v) is 7.60. The van der Waals surface area contributed by atoms with E-state index in [1.54, 1.807) is 32.0 Å². The topological polar surface area (TPSA) is 95.1 Å². The maximum Gasteiger partial charge on any atom is 0.243 e. The van der Waals surface area contributed by atoms with Gasteiger partial charge in [0, 0.05) is 32.6 Å². The van der Waals surface area contributed by atoms with Crippen molar-refractivity contribution in [3.63, 3.8) is 0 Å². The molecule has 4 rings (SSSR count). The lowest BCUT2D eigenvalue weighted by Crippen LogP contribution is -2.49. The molecule has 32 heavy (non-hydrogen) atoms. The molecule has 0 bridgehead atoms. The molecule has 2 heterocycles. The van der Waals surface area contributed by atoms with Gasteiger partial charge >= 0.3 is 0 Å². The van der Waals surface area contributed by atoms with Crippen LogP contribution < -0.4 is 9.21 Å². The molecule has 0 radical (unpaired) electrons. The average molecular weight is 482 g/mol. The Kier molecular flexibility index (Phi) is 5.76. The van der Waals surface area contributed by atoms with Crippen LogP contribution >= 0.6 is 0 Å². The SMILES string of the molecule is Cc1cc(N2C(=O)CCS2(=O)=O)cc(C)c1S(=O)(=O)N1CCN(c2ccccc2F)CC1. The van der Waals surface area contributed by atoms with Crippen molar-refractivity contribution in [1.82, 2.24) is 4.31 Å². The van der Waals surface area contributed by atoms with Crippen LogP contribution in [-0.2, 0) is 24.8 Å². The Labute approximate surface area is 187 Å². The predicted octanol–water partition coefficient (Wildman–Crippen LogP) is 2.02. The average Bonchev–Trinajstić information content (AvgIpc) is 3.00. The molecule has 2 aromatic carbocycles. The summed E-state index contributed by atoms with van der Waals surface area (Å²) in [5.41, 5.74) is 1.33. The lowest BCUT2D eigenvalue weighted by atomic mass is 10.1. The first-order chi connectivity index (χ1) is 15.0. The number of para-hydroxylation sites is 1. The Balaban J connectivity index is 1.60. The first kappa shape index (κ1) is 22.7. The van der Waals surface area contributed by atoms with Crippen LogP contribution in [0.3, 0.4) is 0 Å². The molecule has 2 saturated heterocycles. The fraction of sp³-hybridized carbons (Fsp3) is 0.381. The van der Waals surface area contributed by atoms with Crippen LogP contribution in [0.4, 0.5) is 15.8 Å². The van der Waals surface area contributed by atoms with Crippen molar-refractivity contribution in [3.05, 3.63) is 53.3 Å². The third-order valence-electron chi connectivity index (χ3n) is 5.79. The first-order valence-electron chi connectivity index (χ1n) is 10.2. The zero-order valence-electron chi connectivity index (χ0n) is 17.8.